The summed E-state index contributed by atoms with van der Waals surface area (Å²) in [5.74, 6) is -0.459. The molecule has 1 saturated carbocycles. The molecular weight excluding hydrogens is 170 g/mol. The largest absolute Gasteiger partial charge is 0.396 e. The standard InChI is InChI=1S/C9H19NO3/c1-10-6-8(7-11)4-9(5-8,12-2)13-3/h10-11H,4-7H2,1-3H3. The van der Waals surface area contributed by atoms with E-state index in [-0.39, 0.29) is 12.0 Å². The summed E-state index contributed by atoms with van der Waals surface area (Å²) < 4.78 is 10.5. The highest BCUT2D eigenvalue weighted by molar-refractivity contribution is 5.00. The molecule has 1 fully saturated rings. The zero-order chi connectivity index (χ0) is 9.95. The van der Waals surface area contributed by atoms with Crippen molar-refractivity contribution in [3.05, 3.63) is 0 Å². The number of aliphatic hydroxyl groups excluding tert-OH is 1. The lowest BCUT2D eigenvalue weighted by atomic mass is 9.64. The van der Waals surface area contributed by atoms with Crippen molar-refractivity contribution in [1.82, 2.24) is 5.32 Å². The fraction of sp³-hybridized carbons (Fsp3) is 1.00. The molecule has 0 aromatic heterocycles. The molecule has 4 heteroatoms. The second-order valence-corrected chi connectivity index (χ2v) is 3.86. The molecule has 0 atom stereocenters. The van der Waals surface area contributed by atoms with Crippen LogP contribution in [0.1, 0.15) is 12.8 Å². The van der Waals surface area contributed by atoms with Gasteiger partial charge in [-0.15, -0.1) is 0 Å². The van der Waals surface area contributed by atoms with Gasteiger partial charge in [-0.3, -0.25) is 0 Å². The molecule has 1 aliphatic rings. The highest BCUT2D eigenvalue weighted by Crippen LogP contribution is 2.50. The van der Waals surface area contributed by atoms with Gasteiger partial charge in [-0.25, -0.2) is 0 Å². The Hall–Kier alpha value is -0.160. The summed E-state index contributed by atoms with van der Waals surface area (Å²) in [6.07, 6.45) is 1.51. The van der Waals surface area contributed by atoms with Crippen molar-refractivity contribution in [3.63, 3.8) is 0 Å². The van der Waals surface area contributed by atoms with Gasteiger partial charge in [0.25, 0.3) is 0 Å². The molecule has 0 aliphatic heterocycles. The Morgan fingerprint density at radius 2 is 1.85 bits per heavy atom. The van der Waals surface area contributed by atoms with Gasteiger partial charge in [-0.2, -0.15) is 0 Å². The van der Waals surface area contributed by atoms with Crippen molar-refractivity contribution in [2.24, 2.45) is 5.41 Å². The minimum Gasteiger partial charge on any atom is -0.396 e. The maximum Gasteiger partial charge on any atom is 0.168 e. The van der Waals surface area contributed by atoms with E-state index in [0.29, 0.717) is 0 Å². The minimum atomic E-state index is -0.459. The van der Waals surface area contributed by atoms with Crippen LogP contribution in [0.2, 0.25) is 0 Å². The number of ether oxygens (including phenoxy) is 2. The van der Waals surface area contributed by atoms with Crippen molar-refractivity contribution in [3.8, 4) is 0 Å². The monoisotopic (exact) mass is 189 g/mol. The van der Waals surface area contributed by atoms with E-state index in [4.69, 9.17) is 9.47 Å². The van der Waals surface area contributed by atoms with Gasteiger partial charge in [0.15, 0.2) is 5.79 Å². The van der Waals surface area contributed by atoms with E-state index >= 15 is 0 Å². The van der Waals surface area contributed by atoms with Crippen molar-refractivity contribution in [2.45, 2.75) is 18.6 Å². The van der Waals surface area contributed by atoms with E-state index in [2.05, 4.69) is 5.32 Å². The van der Waals surface area contributed by atoms with Gasteiger partial charge in [-0.05, 0) is 7.05 Å². The summed E-state index contributed by atoms with van der Waals surface area (Å²) in [6.45, 7) is 0.986. The van der Waals surface area contributed by atoms with Crippen LogP contribution in [-0.4, -0.2) is 45.3 Å². The number of rotatable bonds is 5. The third-order valence-corrected chi connectivity index (χ3v) is 2.92. The fourth-order valence-electron chi connectivity index (χ4n) is 2.13. The molecule has 0 radical (unpaired) electrons. The molecule has 0 saturated heterocycles. The molecule has 13 heavy (non-hydrogen) atoms. The van der Waals surface area contributed by atoms with Gasteiger partial charge in [0, 0.05) is 39.0 Å². The van der Waals surface area contributed by atoms with Crippen molar-refractivity contribution in [1.29, 1.82) is 0 Å². The molecule has 0 amide bonds. The fourth-order valence-corrected chi connectivity index (χ4v) is 2.13. The zero-order valence-corrected chi connectivity index (χ0v) is 8.59. The number of nitrogens with one attached hydrogen (secondary N) is 1. The van der Waals surface area contributed by atoms with Crippen LogP contribution in [0.3, 0.4) is 0 Å². The quantitative estimate of drug-likeness (QED) is 0.596. The van der Waals surface area contributed by atoms with E-state index in [1.54, 1.807) is 14.2 Å². The SMILES string of the molecule is CNCC1(CO)CC(OC)(OC)C1. The highest BCUT2D eigenvalue weighted by atomic mass is 16.7. The Morgan fingerprint density at radius 1 is 1.31 bits per heavy atom. The number of aliphatic hydroxyl groups is 1. The summed E-state index contributed by atoms with van der Waals surface area (Å²) in [6, 6.07) is 0. The van der Waals surface area contributed by atoms with Gasteiger partial charge in [-0.1, -0.05) is 0 Å². The van der Waals surface area contributed by atoms with Crippen LogP contribution < -0.4 is 5.32 Å². The second-order valence-electron chi connectivity index (χ2n) is 3.86. The number of hydrogen-bond acceptors (Lipinski definition) is 4. The van der Waals surface area contributed by atoms with Crippen molar-refractivity contribution < 1.29 is 14.6 Å². The van der Waals surface area contributed by atoms with Gasteiger partial charge >= 0.3 is 0 Å². The summed E-state index contributed by atoms with van der Waals surface area (Å²) in [4.78, 5) is 0. The molecule has 0 spiro atoms. The Kier molecular flexibility index (Phi) is 3.29. The second kappa shape index (κ2) is 3.92. The van der Waals surface area contributed by atoms with Gasteiger partial charge in [0.1, 0.15) is 0 Å². The third-order valence-electron chi connectivity index (χ3n) is 2.92. The number of methoxy groups -OCH3 is 2. The Bertz CT molecular complexity index is 160. The van der Waals surface area contributed by atoms with E-state index in [1.807, 2.05) is 7.05 Å². The van der Waals surface area contributed by atoms with Crippen molar-refractivity contribution in [2.75, 3.05) is 34.4 Å². The molecule has 4 nitrogen and oxygen atoms in total. The van der Waals surface area contributed by atoms with E-state index in [0.717, 1.165) is 19.4 Å². The molecule has 0 heterocycles. The Morgan fingerprint density at radius 3 is 2.15 bits per heavy atom. The molecular formula is C9H19NO3. The topological polar surface area (TPSA) is 50.7 Å². The summed E-state index contributed by atoms with van der Waals surface area (Å²) >= 11 is 0. The first-order chi connectivity index (χ1) is 6.16. The van der Waals surface area contributed by atoms with Crippen LogP contribution >= 0.6 is 0 Å². The molecule has 0 aromatic rings. The summed E-state index contributed by atoms with van der Waals surface area (Å²) in [5, 5.41) is 12.3. The minimum absolute atomic E-state index is 0.0548. The Labute approximate surface area is 79.2 Å². The van der Waals surface area contributed by atoms with Crippen LogP contribution in [0.25, 0.3) is 0 Å². The first-order valence-electron chi connectivity index (χ1n) is 4.52. The molecule has 1 aliphatic carbocycles. The lowest BCUT2D eigenvalue weighted by molar-refractivity contribution is -0.301. The third kappa shape index (κ3) is 1.86. The maximum absolute atomic E-state index is 9.24. The van der Waals surface area contributed by atoms with Crippen LogP contribution in [0, 0.1) is 5.41 Å². The molecule has 0 bridgehead atoms. The summed E-state index contributed by atoms with van der Waals surface area (Å²) in [5.41, 5.74) is -0.0548. The van der Waals surface area contributed by atoms with Gasteiger partial charge in [0.05, 0.1) is 6.61 Å². The highest BCUT2D eigenvalue weighted by Gasteiger charge is 2.55. The van der Waals surface area contributed by atoms with E-state index in [1.165, 1.54) is 0 Å². The molecule has 78 valence electrons. The average Bonchev–Trinajstić information content (AvgIpc) is 2.11. The van der Waals surface area contributed by atoms with Crippen molar-refractivity contribution >= 4 is 0 Å². The maximum atomic E-state index is 9.24. The van der Waals surface area contributed by atoms with E-state index in [9.17, 15) is 5.11 Å². The van der Waals surface area contributed by atoms with Crippen LogP contribution in [0.4, 0.5) is 0 Å². The lowest BCUT2D eigenvalue weighted by Gasteiger charge is -2.53. The van der Waals surface area contributed by atoms with Gasteiger partial charge < -0.3 is 19.9 Å². The van der Waals surface area contributed by atoms with Crippen LogP contribution in [0.5, 0.6) is 0 Å². The molecule has 0 aromatic carbocycles. The predicted octanol–water partition coefficient (Wildman–Crippen LogP) is -0.0326. The Balaban J connectivity index is 2.51. The normalized spacial score (nSPS) is 24.0. The zero-order valence-electron chi connectivity index (χ0n) is 8.59. The average molecular weight is 189 g/mol. The molecule has 2 N–H and O–H groups in total. The number of hydrogen-bond donors (Lipinski definition) is 2. The van der Waals surface area contributed by atoms with E-state index < -0.39 is 5.79 Å². The summed E-state index contributed by atoms with van der Waals surface area (Å²) in [7, 11) is 5.17. The molecule has 1 rings (SSSR count). The first kappa shape index (κ1) is 10.9. The van der Waals surface area contributed by atoms with Crippen LogP contribution in [0.15, 0.2) is 0 Å². The smallest absolute Gasteiger partial charge is 0.168 e. The van der Waals surface area contributed by atoms with Gasteiger partial charge in [0.2, 0.25) is 0 Å². The lowest BCUT2D eigenvalue weighted by Crippen LogP contribution is -2.59. The van der Waals surface area contributed by atoms with Crippen LogP contribution in [-0.2, 0) is 9.47 Å². The predicted molar refractivity (Wildman–Crippen MR) is 49.4 cm³/mol. The first-order valence-corrected chi connectivity index (χ1v) is 4.52. The molecule has 0 unspecified atom stereocenters.